The average Bonchev–Trinajstić information content (AvgIpc) is 3.16. The van der Waals surface area contributed by atoms with Gasteiger partial charge in [-0.25, -0.2) is 0 Å². The molecule has 18 heteroatoms. The molecule has 0 unspecified atom stereocenters. The predicted octanol–water partition coefficient (Wildman–Crippen LogP) is 2.63. The predicted molar refractivity (Wildman–Crippen MR) is 224 cm³/mol. The van der Waals surface area contributed by atoms with Gasteiger partial charge in [-0.2, -0.15) is 0 Å². The minimum atomic E-state index is -1.40. The first-order chi connectivity index (χ1) is 29.0. The lowest BCUT2D eigenvalue weighted by molar-refractivity contribution is -0.133. The summed E-state index contributed by atoms with van der Waals surface area (Å²) in [5.74, 6) is -4.16. The monoisotopic (exact) mass is 858 g/mol. The van der Waals surface area contributed by atoms with Crippen LogP contribution in [0.25, 0.3) is 0 Å². The van der Waals surface area contributed by atoms with Crippen molar-refractivity contribution in [3.63, 3.8) is 0 Å². The Morgan fingerprint density at radius 3 is 0.645 bits per heavy atom. The van der Waals surface area contributed by atoms with Crippen LogP contribution >= 0.6 is 0 Å². The zero-order chi connectivity index (χ0) is 46.5. The van der Waals surface area contributed by atoms with Gasteiger partial charge in [-0.3, -0.25) is 43.2 Å². The number of rotatable bonds is 18. The van der Waals surface area contributed by atoms with Crippen molar-refractivity contribution < 1.29 is 57.4 Å². The Hall–Kier alpha value is -7.11. The van der Waals surface area contributed by atoms with Crippen LogP contribution in [-0.4, -0.2) is 53.4 Å². The van der Waals surface area contributed by atoms with Crippen molar-refractivity contribution >= 4 is 53.4 Å². The summed E-state index contributed by atoms with van der Waals surface area (Å²) in [6.07, 6.45) is 0. The summed E-state index contributed by atoms with van der Waals surface area (Å²) in [5.41, 5.74) is 2.03. The SMILES string of the molecule is CC(=O)NCc1cc(C(C)(c2cc(CNC(C)=O)c(OC(C)=O)c(CNC(C)=O)c2)c2cc(CNC(C)=O)c(OC(C)=O)c(CNC(C)=O)c2)cc(CNC(C)=O)c1OC(C)=O. The topological polar surface area (TPSA) is 253 Å². The van der Waals surface area contributed by atoms with Crippen molar-refractivity contribution in [2.24, 2.45) is 0 Å². The fraction of sp³-hybridized carbons (Fsp3) is 0.386. The van der Waals surface area contributed by atoms with Gasteiger partial charge < -0.3 is 46.1 Å². The first kappa shape index (κ1) is 49.3. The van der Waals surface area contributed by atoms with Gasteiger partial charge in [-0.05, 0) is 60.0 Å². The largest absolute Gasteiger partial charge is 0.426 e. The van der Waals surface area contributed by atoms with Crippen molar-refractivity contribution in [2.75, 3.05) is 0 Å². The van der Waals surface area contributed by atoms with Gasteiger partial charge in [0.1, 0.15) is 17.2 Å². The van der Waals surface area contributed by atoms with Crippen molar-refractivity contribution in [3.8, 4) is 17.2 Å². The zero-order valence-corrected chi connectivity index (χ0v) is 36.6. The Labute approximate surface area is 359 Å². The second-order valence-corrected chi connectivity index (χ2v) is 14.7. The lowest BCUT2D eigenvalue weighted by Crippen LogP contribution is -2.31. The van der Waals surface area contributed by atoms with E-state index in [0.29, 0.717) is 50.1 Å². The summed E-state index contributed by atoms with van der Waals surface area (Å²) in [5, 5.41) is 16.5. The first-order valence-corrected chi connectivity index (χ1v) is 19.5. The molecule has 18 nitrogen and oxygen atoms in total. The fourth-order valence-electron chi connectivity index (χ4n) is 6.56. The van der Waals surface area contributed by atoms with Crippen molar-refractivity contribution in [3.05, 3.63) is 86.5 Å². The number of carbonyl (C=O) groups excluding carboxylic acids is 9. The maximum absolute atomic E-state index is 12.5. The van der Waals surface area contributed by atoms with Crippen molar-refractivity contribution in [1.82, 2.24) is 31.9 Å². The Balaban J connectivity index is 2.76. The van der Waals surface area contributed by atoms with Crippen molar-refractivity contribution in [2.45, 2.75) is 114 Å². The van der Waals surface area contributed by atoms with E-state index in [0.717, 1.165) is 0 Å². The van der Waals surface area contributed by atoms with Gasteiger partial charge in [0, 0.05) is 140 Å². The summed E-state index contributed by atoms with van der Waals surface area (Å²) in [6.45, 7) is 12.5. The molecule has 6 amide bonds. The smallest absolute Gasteiger partial charge is 0.308 e. The summed E-state index contributed by atoms with van der Waals surface area (Å²) in [6, 6.07) is 10.2. The third-order valence-electron chi connectivity index (χ3n) is 9.36. The number of ether oxygens (including phenoxy) is 3. The minimum Gasteiger partial charge on any atom is -0.426 e. The molecule has 6 N–H and O–H groups in total. The minimum absolute atomic E-state index is 0.0805. The highest BCUT2D eigenvalue weighted by Gasteiger charge is 2.36. The molecule has 0 spiro atoms. The average molecular weight is 859 g/mol. The Bertz CT molecular complexity index is 1920. The number of hydrogen-bond donors (Lipinski definition) is 6. The molecule has 0 aliphatic rings. The molecular weight excluding hydrogens is 805 g/mol. The van der Waals surface area contributed by atoms with Gasteiger partial charge in [0.15, 0.2) is 0 Å². The van der Waals surface area contributed by atoms with Gasteiger partial charge in [0.2, 0.25) is 35.4 Å². The molecule has 0 aliphatic heterocycles. The Morgan fingerprint density at radius 2 is 0.516 bits per heavy atom. The number of esters is 3. The fourth-order valence-corrected chi connectivity index (χ4v) is 6.56. The van der Waals surface area contributed by atoms with Gasteiger partial charge in [-0.1, -0.05) is 0 Å². The van der Waals surface area contributed by atoms with E-state index in [9.17, 15) is 43.2 Å². The number of amides is 6. The molecule has 0 radical (unpaired) electrons. The van der Waals surface area contributed by atoms with Crippen LogP contribution in [-0.2, 0) is 87.8 Å². The molecule has 0 saturated heterocycles. The summed E-state index contributed by atoms with van der Waals surface area (Å²) >= 11 is 0. The highest BCUT2D eigenvalue weighted by molar-refractivity contribution is 5.78. The van der Waals surface area contributed by atoms with Gasteiger partial charge in [0.25, 0.3) is 0 Å². The normalized spacial score (nSPS) is 10.7. The van der Waals surface area contributed by atoms with E-state index in [2.05, 4.69) is 31.9 Å². The second kappa shape index (κ2) is 21.9. The number of hydrogen-bond acceptors (Lipinski definition) is 12. The van der Waals surface area contributed by atoms with Gasteiger partial charge >= 0.3 is 17.9 Å². The Morgan fingerprint density at radius 1 is 0.355 bits per heavy atom. The Kier molecular flexibility index (Phi) is 17.4. The van der Waals surface area contributed by atoms with Crippen LogP contribution in [0.1, 0.15) is 119 Å². The number of nitrogens with one attached hydrogen (secondary N) is 6. The molecule has 0 aromatic heterocycles. The molecule has 332 valence electrons. The molecule has 62 heavy (non-hydrogen) atoms. The van der Waals surface area contributed by atoms with Crippen LogP contribution in [0, 0.1) is 0 Å². The van der Waals surface area contributed by atoms with E-state index in [1.54, 1.807) is 36.4 Å². The maximum Gasteiger partial charge on any atom is 0.308 e. The van der Waals surface area contributed by atoms with Crippen LogP contribution in [0.5, 0.6) is 17.2 Å². The molecule has 0 heterocycles. The molecular formula is C44H54N6O12. The molecule has 3 rings (SSSR count). The van der Waals surface area contributed by atoms with Crippen molar-refractivity contribution in [1.29, 1.82) is 0 Å². The third-order valence-corrected chi connectivity index (χ3v) is 9.36. The van der Waals surface area contributed by atoms with E-state index in [1.807, 2.05) is 6.92 Å². The maximum atomic E-state index is 12.5. The lowest BCUT2D eigenvalue weighted by Gasteiger charge is -2.35. The first-order valence-electron chi connectivity index (χ1n) is 19.5. The number of carbonyl (C=O) groups is 9. The molecule has 3 aromatic carbocycles. The quantitative estimate of drug-likeness (QED) is 0.0614. The van der Waals surface area contributed by atoms with Crippen LogP contribution in [0.3, 0.4) is 0 Å². The second-order valence-electron chi connectivity index (χ2n) is 14.7. The van der Waals surface area contributed by atoms with E-state index in [-0.39, 0.29) is 56.5 Å². The van der Waals surface area contributed by atoms with Crippen LogP contribution in [0.2, 0.25) is 0 Å². The molecule has 0 saturated carbocycles. The van der Waals surface area contributed by atoms with Gasteiger partial charge in [0.05, 0.1) is 0 Å². The van der Waals surface area contributed by atoms with Crippen LogP contribution < -0.4 is 46.1 Å². The number of benzene rings is 3. The summed E-state index contributed by atoms with van der Waals surface area (Å²) in [4.78, 5) is 111. The molecule has 3 aromatic rings. The molecule has 0 bridgehead atoms. The summed E-state index contributed by atoms with van der Waals surface area (Å²) in [7, 11) is 0. The summed E-state index contributed by atoms with van der Waals surface area (Å²) < 4.78 is 17.2. The zero-order valence-electron chi connectivity index (χ0n) is 36.6. The molecule has 0 aliphatic carbocycles. The van der Waals surface area contributed by atoms with E-state index in [1.165, 1.54) is 62.3 Å². The lowest BCUT2D eigenvalue weighted by atomic mass is 9.68. The highest BCUT2D eigenvalue weighted by atomic mass is 16.5. The highest BCUT2D eigenvalue weighted by Crippen LogP contribution is 2.46. The third kappa shape index (κ3) is 14.0. The molecule has 0 atom stereocenters. The molecule has 0 fully saturated rings. The van der Waals surface area contributed by atoms with E-state index < -0.39 is 58.8 Å². The van der Waals surface area contributed by atoms with E-state index >= 15 is 0 Å². The van der Waals surface area contributed by atoms with Crippen LogP contribution in [0.15, 0.2) is 36.4 Å². The van der Waals surface area contributed by atoms with E-state index in [4.69, 9.17) is 14.2 Å². The van der Waals surface area contributed by atoms with Gasteiger partial charge in [-0.15, -0.1) is 0 Å². The van der Waals surface area contributed by atoms with Crippen LogP contribution in [0.4, 0.5) is 0 Å². The standard InChI is InChI=1S/C44H54N6O12/c1-23(51)45-17-32-11-38(12-33(18-46-24(2)52)41(32)60-29(7)57)44(10,39-13-34(19-47-25(3)53)42(61-30(8)58)35(14-39)20-48-26(4)54)40-15-36(21-49-27(5)55)43(62-31(9)59)37(16-40)22-50-28(6)56/h11-16H,17-22H2,1-10H3,(H,45,51)(H,46,52)(H,47,53)(H,48,54)(H,49,55)(H,50,56).